The van der Waals surface area contributed by atoms with Crippen LogP contribution in [0.4, 0.5) is 0 Å². The van der Waals surface area contributed by atoms with Gasteiger partial charge in [-0.3, -0.25) is 0 Å². The lowest BCUT2D eigenvalue weighted by Crippen LogP contribution is -2.30. The number of methoxy groups -OCH3 is 3. The Labute approximate surface area is 193 Å². The summed E-state index contributed by atoms with van der Waals surface area (Å²) in [5.74, 6) is 0.690. The number of ether oxygens (including phenoxy) is 4. The van der Waals surface area contributed by atoms with E-state index >= 15 is 0 Å². The number of sulfonamides is 1. The van der Waals surface area contributed by atoms with E-state index in [1.807, 2.05) is 0 Å². The number of carbonyl (C=O) groups is 1. The third kappa shape index (κ3) is 4.71. The van der Waals surface area contributed by atoms with E-state index in [4.69, 9.17) is 18.9 Å². The fourth-order valence-corrected chi connectivity index (χ4v) is 4.86. The molecule has 0 aromatic heterocycles. The summed E-state index contributed by atoms with van der Waals surface area (Å²) in [6.45, 7) is 4.31. The van der Waals surface area contributed by atoms with Gasteiger partial charge >= 0.3 is 5.97 Å². The Morgan fingerprint density at radius 2 is 1.58 bits per heavy atom. The number of nitrogens with zero attached hydrogens (tertiary/aromatic N) is 2. The Morgan fingerprint density at radius 1 is 0.939 bits per heavy atom. The Hall–Kier alpha value is -3.37. The number of rotatable bonds is 9. The molecule has 9 nitrogen and oxygen atoms in total. The molecule has 33 heavy (non-hydrogen) atoms. The van der Waals surface area contributed by atoms with Crippen LogP contribution < -0.4 is 14.2 Å². The molecule has 0 N–H and O–H groups in total. The van der Waals surface area contributed by atoms with E-state index in [1.54, 1.807) is 38.1 Å². The normalized spacial score (nSPS) is 14.9. The van der Waals surface area contributed by atoms with Crippen molar-refractivity contribution in [3.8, 4) is 17.2 Å². The first kappa shape index (κ1) is 24.3. The monoisotopic (exact) mass is 474 g/mol. The van der Waals surface area contributed by atoms with Crippen LogP contribution in [0.5, 0.6) is 17.2 Å². The van der Waals surface area contributed by atoms with Gasteiger partial charge in [0.05, 0.1) is 26.2 Å². The molecule has 0 aliphatic carbocycles. The van der Waals surface area contributed by atoms with Gasteiger partial charge in [-0.15, -0.1) is 0 Å². The van der Waals surface area contributed by atoms with E-state index in [2.05, 4.69) is 4.99 Å². The van der Waals surface area contributed by atoms with Crippen molar-refractivity contribution in [2.75, 3.05) is 34.4 Å². The second kappa shape index (κ2) is 10.1. The number of aliphatic imine (C=N–C) groups is 1. The molecule has 1 aliphatic heterocycles. The molecule has 0 saturated carbocycles. The van der Waals surface area contributed by atoms with Crippen molar-refractivity contribution in [2.24, 2.45) is 4.99 Å². The highest BCUT2D eigenvalue weighted by molar-refractivity contribution is 7.89. The maximum Gasteiger partial charge on any atom is 0.363 e. The van der Waals surface area contributed by atoms with Gasteiger partial charge in [0.2, 0.25) is 21.7 Å². The molecular formula is C23H26N2O7S. The van der Waals surface area contributed by atoms with Crippen LogP contribution in [0.3, 0.4) is 0 Å². The van der Waals surface area contributed by atoms with E-state index < -0.39 is 16.0 Å². The molecule has 1 heterocycles. The largest absolute Gasteiger partial charge is 0.493 e. The van der Waals surface area contributed by atoms with E-state index in [9.17, 15) is 13.2 Å². The van der Waals surface area contributed by atoms with Crippen molar-refractivity contribution in [3.63, 3.8) is 0 Å². The van der Waals surface area contributed by atoms with Gasteiger partial charge in [0, 0.05) is 24.2 Å². The van der Waals surface area contributed by atoms with Gasteiger partial charge in [0.15, 0.2) is 17.2 Å². The predicted octanol–water partition coefficient (Wildman–Crippen LogP) is 3.09. The first-order valence-corrected chi connectivity index (χ1v) is 11.7. The summed E-state index contributed by atoms with van der Waals surface area (Å²) in [5.41, 5.74) is 1.09. The number of carbonyl (C=O) groups excluding carboxylic acids is 1. The maximum atomic E-state index is 12.7. The van der Waals surface area contributed by atoms with E-state index in [-0.39, 0.29) is 16.5 Å². The van der Waals surface area contributed by atoms with E-state index in [1.165, 1.54) is 43.8 Å². The highest BCUT2D eigenvalue weighted by Crippen LogP contribution is 2.41. The van der Waals surface area contributed by atoms with Gasteiger partial charge in [0.25, 0.3) is 0 Å². The third-order valence-corrected chi connectivity index (χ3v) is 7.16. The van der Waals surface area contributed by atoms with Crippen LogP contribution in [0.2, 0.25) is 0 Å². The van der Waals surface area contributed by atoms with Crippen LogP contribution in [0.1, 0.15) is 25.0 Å². The predicted molar refractivity (Wildman–Crippen MR) is 123 cm³/mol. The molecular weight excluding hydrogens is 448 g/mol. The highest BCUT2D eigenvalue weighted by atomic mass is 32.2. The number of hydrogen-bond donors (Lipinski definition) is 0. The minimum Gasteiger partial charge on any atom is -0.493 e. The Kier molecular flexibility index (Phi) is 7.39. The number of cyclic esters (lactones) is 1. The first-order valence-electron chi connectivity index (χ1n) is 10.2. The SMILES string of the molecule is CCN(CC)S(=O)(=O)c1ccc(C2=N/C(=C/c3ccc(OC)c(OC)c3OC)C(=O)O2)cc1. The van der Waals surface area contributed by atoms with Gasteiger partial charge in [-0.25, -0.2) is 18.2 Å². The Morgan fingerprint density at radius 3 is 2.12 bits per heavy atom. The fourth-order valence-electron chi connectivity index (χ4n) is 3.40. The molecule has 2 aromatic carbocycles. The molecule has 0 amide bonds. The minimum atomic E-state index is -3.59. The maximum absolute atomic E-state index is 12.7. The average Bonchev–Trinajstić information content (AvgIpc) is 3.19. The summed E-state index contributed by atoms with van der Waals surface area (Å²) in [6, 6.07) is 9.45. The molecule has 3 rings (SSSR count). The summed E-state index contributed by atoms with van der Waals surface area (Å²) >= 11 is 0. The van der Waals surface area contributed by atoms with Crippen LogP contribution in [-0.4, -0.2) is 59.0 Å². The molecule has 2 aromatic rings. The average molecular weight is 475 g/mol. The molecule has 0 spiro atoms. The van der Waals surface area contributed by atoms with Crippen LogP contribution in [0.15, 0.2) is 52.0 Å². The van der Waals surface area contributed by atoms with Crippen molar-refractivity contribution in [2.45, 2.75) is 18.7 Å². The molecule has 1 aliphatic rings. The molecule has 0 atom stereocenters. The van der Waals surface area contributed by atoms with Gasteiger partial charge in [-0.2, -0.15) is 4.31 Å². The van der Waals surface area contributed by atoms with Crippen molar-refractivity contribution in [3.05, 3.63) is 53.2 Å². The third-order valence-electron chi connectivity index (χ3n) is 5.09. The number of esters is 1. The van der Waals surface area contributed by atoms with Crippen molar-refractivity contribution < 1.29 is 32.2 Å². The van der Waals surface area contributed by atoms with E-state index in [0.29, 0.717) is 41.5 Å². The Bertz CT molecular complexity index is 1200. The summed E-state index contributed by atoms with van der Waals surface area (Å²) in [7, 11) is 0.896. The smallest absolute Gasteiger partial charge is 0.363 e. The summed E-state index contributed by atoms with van der Waals surface area (Å²) in [4.78, 5) is 16.9. The zero-order valence-corrected chi connectivity index (χ0v) is 19.9. The van der Waals surface area contributed by atoms with Crippen molar-refractivity contribution in [1.29, 1.82) is 0 Å². The molecule has 0 fully saturated rings. The van der Waals surface area contributed by atoms with Crippen LogP contribution >= 0.6 is 0 Å². The molecule has 176 valence electrons. The van der Waals surface area contributed by atoms with E-state index in [0.717, 1.165) is 0 Å². The quantitative estimate of drug-likeness (QED) is 0.406. The molecule has 0 saturated heterocycles. The van der Waals surface area contributed by atoms with Gasteiger partial charge in [-0.05, 0) is 42.5 Å². The van der Waals surface area contributed by atoms with Crippen molar-refractivity contribution >= 4 is 28.0 Å². The lowest BCUT2D eigenvalue weighted by Gasteiger charge is -2.18. The van der Waals surface area contributed by atoms with Gasteiger partial charge in [0.1, 0.15) is 0 Å². The molecule has 0 unspecified atom stereocenters. The molecule has 0 radical (unpaired) electrons. The van der Waals surface area contributed by atoms with Crippen molar-refractivity contribution in [1.82, 2.24) is 4.31 Å². The molecule has 0 bridgehead atoms. The second-order valence-electron chi connectivity index (χ2n) is 6.87. The first-order chi connectivity index (χ1) is 15.8. The second-order valence-corrected chi connectivity index (χ2v) is 8.81. The van der Waals surface area contributed by atoms with Gasteiger partial charge < -0.3 is 18.9 Å². The standard InChI is InChI=1S/C23H26N2O7S/c1-6-25(7-2)33(27,28)17-11-8-15(9-12-17)22-24-18(23(26)32-22)14-16-10-13-19(29-3)21(31-5)20(16)30-4/h8-14H,6-7H2,1-5H3/b18-14+. The van der Waals surface area contributed by atoms with Gasteiger partial charge in [-0.1, -0.05) is 13.8 Å². The number of benzene rings is 2. The highest BCUT2D eigenvalue weighted by Gasteiger charge is 2.27. The summed E-state index contributed by atoms with van der Waals surface area (Å²) in [6.07, 6.45) is 1.52. The van der Waals surface area contributed by atoms with Crippen LogP contribution in [0.25, 0.3) is 6.08 Å². The lowest BCUT2D eigenvalue weighted by molar-refractivity contribution is -0.129. The fraction of sp³-hybridized carbons (Fsp3) is 0.304. The van der Waals surface area contributed by atoms with Crippen LogP contribution in [0, 0.1) is 0 Å². The topological polar surface area (TPSA) is 104 Å². The number of hydrogen-bond acceptors (Lipinski definition) is 8. The minimum absolute atomic E-state index is 0.0651. The molecule has 10 heteroatoms. The zero-order valence-electron chi connectivity index (χ0n) is 19.1. The summed E-state index contributed by atoms with van der Waals surface area (Å²) < 4.78 is 48.1. The summed E-state index contributed by atoms with van der Waals surface area (Å²) in [5, 5.41) is 0. The van der Waals surface area contributed by atoms with Crippen LogP contribution in [-0.2, 0) is 19.6 Å². The zero-order chi connectivity index (χ0) is 24.2. The lowest BCUT2D eigenvalue weighted by atomic mass is 10.1. The Balaban J connectivity index is 1.94.